The second-order valence-electron chi connectivity index (χ2n) is 6.05. The van der Waals surface area contributed by atoms with E-state index in [2.05, 4.69) is 21.9 Å². The van der Waals surface area contributed by atoms with Gasteiger partial charge in [0, 0.05) is 17.9 Å². The summed E-state index contributed by atoms with van der Waals surface area (Å²) in [4.78, 5) is 40.6. The van der Waals surface area contributed by atoms with Gasteiger partial charge in [-0.1, -0.05) is 23.8 Å². The van der Waals surface area contributed by atoms with Crippen molar-refractivity contribution in [3.63, 3.8) is 0 Å². The second-order valence-corrected chi connectivity index (χ2v) is 6.91. The molecule has 0 saturated carbocycles. The maximum absolute atomic E-state index is 12.9. The normalized spacial score (nSPS) is 10.7. The molecule has 2 aromatic heterocycles. The molecule has 134 valence electrons. The van der Waals surface area contributed by atoms with Gasteiger partial charge < -0.3 is 0 Å². The Hall–Kier alpha value is -3.00. The van der Waals surface area contributed by atoms with Gasteiger partial charge in [0.25, 0.3) is 11.5 Å². The molecule has 1 aromatic carbocycles. The van der Waals surface area contributed by atoms with Crippen LogP contribution in [0.3, 0.4) is 0 Å². The standard InChI is InChI=1S/C18H18N4O3S/c1-10-4-5-13(11(2)6-10)14-8-26-17-16(14)18(25)22(9-19-17)7-15(24)21-20-12(3)23/h4-6,8-9H,7H2,1-3H3,(H,20,23)(H,21,24). The van der Waals surface area contributed by atoms with E-state index in [-0.39, 0.29) is 12.1 Å². The number of hydrogen-bond acceptors (Lipinski definition) is 5. The first-order chi connectivity index (χ1) is 12.4. The van der Waals surface area contributed by atoms with Crippen LogP contribution >= 0.6 is 11.3 Å². The van der Waals surface area contributed by atoms with Crippen LogP contribution in [0, 0.1) is 13.8 Å². The van der Waals surface area contributed by atoms with Crippen molar-refractivity contribution in [1.29, 1.82) is 0 Å². The first-order valence-electron chi connectivity index (χ1n) is 7.96. The molecule has 2 amide bonds. The molecule has 0 aliphatic carbocycles. The van der Waals surface area contributed by atoms with E-state index in [1.54, 1.807) is 0 Å². The highest BCUT2D eigenvalue weighted by Crippen LogP contribution is 2.32. The van der Waals surface area contributed by atoms with E-state index < -0.39 is 11.8 Å². The molecular formula is C18H18N4O3S. The largest absolute Gasteiger partial charge is 0.289 e. The van der Waals surface area contributed by atoms with E-state index in [0.717, 1.165) is 22.3 Å². The number of rotatable bonds is 3. The van der Waals surface area contributed by atoms with Crippen molar-refractivity contribution in [2.24, 2.45) is 0 Å². The first kappa shape index (κ1) is 17.8. The van der Waals surface area contributed by atoms with Gasteiger partial charge in [0.2, 0.25) is 5.91 Å². The average molecular weight is 370 g/mol. The molecule has 2 N–H and O–H groups in total. The third-order valence-corrected chi connectivity index (χ3v) is 4.81. The minimum Gasteiger partial charge on any atom is -0.289 e. The fraction of sp³-hybridized carbons (Fsp3) is 0.222. The highest BCUT2D eigenvalue weighted by atomic mass is 32.1. The molecule has 0 fully saturated rings. The molecule has 0 aliphatic rings. The Morgan fingerprint density at radius 3 is 2.65 bits per heavy atom. The number of aromatic nitrogens is 2. The van der Waals surface area contributed by atoms with Crippen LogP contribution in [0.15, 0.2) is 34.7 Å². The molecule has 3 rings (SSSR count). The van der Waals surface area contributed by atoms with Crippen LogP contribution in [0.2, 0.25) is 0 Å². The zero-order valence-corrected chi connectivity index (χ0v) is 15.4. The van der Waals surface area contributed by atoms with Crippen LogP contribution in [-0.2, 0) is 16.1 Å². The lowest BCUT2D eigenvalue weighted by molar-refractivity contribution is -0.128. The molecule has 0 bridgehead atoms. The number of nitrogens with zero attached hydrogens (tertiary/aromatic N) is 2. The summed E-state index contributed by atoms with van der Waals surface area (Å²) in [6.45, 7) is 5.07. The molecule has 3 aromatic rings. The molecule has 0 radical (unpaired) electrons. The molecule has 0 saturated heterocycles. The predicted molar refractivity (Wildman–Crippen MR) is 101 cm³/mol. The van der Waals surface area contributed by atoms with E-state index in [0.29, 0.717) is 10.2 Å². The van der Waals surface area contributed by atoms with Crippen LogP contribution in [-0.4, -0.2) is 21.4 Å². The number of hydrazine groups is 1. The maximum atomic E-state index is 12.9. The van der Waals surface area contributed by atoms with Crippen LogP contribution in [0.4, 0.5) is 0 Å². The van der Waals surface area contributed by atoms with E-state index in [9.17, 15) is 14.4 Å². The van der Waals surface area contributed by atoms with Gasteiger partial charge in [0.1, 0.15) is 11.4 Å². The van der Waals surface area contributed by atoms with Crippen LogP contribution in [0.25, 0.3) is 21.3 Å². The number of thiophene rings is 1. The minimum atomic E-state index is -0.508. The second kappa shape index (κ2) is 7.09. The van der Waals surface area contributed by atoms with E-state index in [4.69, 9.17) is 0 Å². The van der Waals surface area contributed by atoms with Gasteiger partial charge in [-0.2, -0.15) is 0 Å². The number of amides is 2. The van der Waals surface area contributed by atoms with Gasteiger partial charge in [-0.3, -0.25) is 29.8 Å². The molecule has 26 heavy (non-hydrogen) atoms. The Morgan fingerprint density at radius 1 is 1.19 bits per heavy atom. The topological polar surface area (TPSA) is 93.1 Å². The molecule has 0 unspecified atom stereocenters. The van der Waals surface area contributed by atoms with Crippen molar-refractivity contribution in [3.05, 3.63) is 51.4 Å². The minimum absolute atomic E-state index is 0.232. The lowest BCUT2D eigenvalue weighted by Crippen LogP contribution is -2.43. The van der Waals surface area contributed by atoms with Gasteiger partial charge in [-0.25, -0.2) is 4.98 Å². The summed E-state index contributed by atoms with van der Waals surface area (Å²) in [6.07, 6.45) is 1.35. The van der Waals surface area contributed by atoms with Crippen molar-refractivity contribution in [2.45, 2.75) is 27.3 Å². The summed E-state index contributed by atoms with van der Waals surface area (Å²) in [6, 6.07) is 6.06. The van der Waals surface area contributed by atoms with Crippen molar-refractivity contribution in [3.8, 4) is 11.1 Å². The number of benzene rings is 1. The Labute approximate surface area is 153 Å². The smallest absolute Gasteiger partial charge is 0.263 e. The van der Waals surface area contributed by atoms with Gasteiger partial charge in [0.05, 0.1) is 11.7 Å². The van der Waals surface area contributed by atoms with Crippen molar-refractivity contribution in [2.75, 3.05) is 0 Å². The van der Waals surface area contributed by atoms with Gasteiger partial charge in [-0.15, -0.1) is 11.3 Å². The third-order valence-electron chi connectivity index (χ3n) is 3.92. The number of nitrogens with one attached hydrogen (secondary N) is 2. The van der Waals surface area contributed by atoms with E-state index in [1.165, 1.54) is 29.2 Å². The average Bonchev–Trinajstić information content (AvgIpc) is 3.00. The number of carbonyl (C=O) groups is 2. The summed E-state index contributed by atoms with van der Waals surface area (Å²) in [7, 11) is 0. The lowest BCUT2D eigenvalue weighted by Gasteiger charge is -2.09. The van der Waals surface area contributed by atoms with E-state index in [1.807, 2.05) is 31.4 Å². The predicted octanol–water partition coefficient (Wildman–Crippen LogP) is 1.91. The zero-order valence-electron chi connectivity index (χ0n) is 14.6. The van der Waals surface area contributed by atoms with Gasteiger partial charge in [0.15, 0.2) is 0 Å². The Morgan fingerprint density at radius 2 is 1.96 bits per heavy atom. The third kappa shape index (κ3) is 3.50. The Kier molecular flexibility index (Phi) is 4.85. The van der Waals surface area contributed by atoms with E-state index >= 15 is 0 Å². The molecule has 8 heteroatoms. The molecule has 7 nitrogen and oxygen atoms in total. The van der Waals surface area contributed by atoms with Crippen LogP contribution in [0.1, 0.15) is 18.1 Å². The zero-order chi connectivity index (χ0) is 18.8. The number of hydrogen-bond donors (Lipinski definition) is 2. The van der Waals surface area contributed by atoms with Gasteiger partial charge in [-0.05, 0) is 25.0 Å². The first-order valence-corrected chi connectivity index (χ1v) is 8.84. The van der Waals surface area contributed by atoms with Gasteiger partial charge >= 0.3 is 0 Å². The summed E-state index contributed by atoms with van der Waals surface area (Å²) < 4.78 is 1.24. The van der Waals surface area contributed by atoms with Crippen LogP contribution < -0.4 is 16.4 Å². The molecule has 2 heterocycles. The maximum Gasteiger partial charge on any atom is 0.263 e. The summed E-state index contributed by atoms with van der Waals surface area (Å²) in [5.74, 6) is -0.902. The lowest BCUT2D eigenvalue weighted by atomic mass is 9.99. The fourth-order valence-electron chi connectivity index (χ4n) is 2.75. The fourth-order valence-corrected chi connectivity index (χ4v) is 3.64. The monoisotopic (exact) mass is 370 g/mol. The Balaban J connectivity index is 2.02. The van der Waals surface area contributed by atoms with Crippen molar-refractivity contribution >= 4 is 33.4 Å². The summed E-state index contributed by atoms with van der Waals surface area (Å²) in [5.41, 5.74) is 8.16. The summed E-state index contributed by atoms with van der Waals surface area (Å²) in [5, 5.41) is 2.41. The SMILES string of the molecule is CC(=O)NNC(=O)Cn1cnc2scc(-c3ccc(C)cc3C)c2c1=O. The van der Waals surface area contributed by atoms with Crippen molar-refractivity contribution in [1.82, 2.24) is 20.4 Å². The summed E-state index contributed by atoms with van der Waals surface area (Å²) >= 11 is 1.40. The molecule has 0 aliphatic heterocycles. The molecule has 0 atom stereocenters. The molecular weight excluding hydrogens is 352 g/mol. The molecule has 0 spiro atoms. The Bertz CT molecular complexity index is 1070. The van der Waals surface area contributed by atoms with Crippen molar-refractivity contribution < 1.29 is 9.59 Å². The number of fused-ring (bicyclic) bond motifs is 1. The number of carbonyl (C=O) groups excluding carboxylic acids is 2. The number of aryl methyl sites for hydroxylation is 2. The highest BCUT2D eigenvalue weighted by molar-refractivity contribution is 7.17. The quantitative estimate of drug-likeness (QED) is 0.689. The highest BCUT2D eigenvalue weighted by Gasteiger charge is 2.16. The van der Waals surface area contributed by atoms with Crippen LogP contribution in [0.5, 0.6) is 0 Å².